The molecule has 7 N–H and O–H groups in total. The maximum atomic E-state index is 9.77. The molecule has 0 amide bonds. The average Bonchev–Trinajstić information content (AvgIpc) is 2.69. The molecule has 0 unspecified atom stereocenters. The van der Waals surface area contributed by atoms with E-state index in [1.807, 2.05) is 0 Å². The van der Waals surface area contributed by atoms with E-state index in [1.165, 1.54) is 7.11 Å². The van der Waals surface area contributed by atoms with Gasteiger partial charge in [0.25, 0.3) is 0 Å². The van der Waals surface area contributed by atoms with Crippen LogP contribution in [0.3, 0.4) is 0 Å². The van der Waals surface area contributed by atoms with E-state index in [0.717, 1.165) is 0 Å². The Bertz CT molecular complexity index is 301. The highest BCUT2D eigenvalue weighted by Crippen LogP contribution is 2.23. The molecule has 0 aliphatic carbocycles. The van der Waals surface area contributed by atoms with Crippen LogP contribution in [0.4, 0.5) is 0 Å². The second kappa shape index (κ2) is 12.9. The van der Waals surface area contributed by atoms with E-state index in [2.05, 4.69) is 0 Å². The molecule has 0 aromatic rings. The molecular weight excluding hydrogens is 352 g/mol. The Balaban J connectivity index is 4.84. The lowest BCUT2D eigenvalue weighted by molar-refractivity contribution is -0.131. The molecule has 0 aromatic carbocycles. The van der Waals surface area contributed by atoms with E-state index in [1.54, 1.807) is 0 Å². The van der Waals surface area contributed by atoms with Gasteiger partial charge >= 0.3 is 0 Å². The second-order valence-electron chi connectivity index (χ2n) is 7.03. The van der Waals surface area contributed by atoms with Crippen LogP contribution in [0.5, 0.6) is 0 Å². The summed E-state index contributed by atoms with van der Waals surface area (Å²) in [5.74, 6) is 0. The highest BCUT2D eigenvalue weighted by molar-refractivity contribution is 4.82. The molecule has 0 fully saturated rings. The minimum atomic E-state index is -1.20. The number of aliphatic hydroxyl groups is 7. The van der Waals surface area contributed by atoms with Crippen molar-refractivity contribution in [3.05, 3.63) is 0 Å². The molecule has 0 saturated heterocycles. The first-order valence-electron chi connectivity index (χ1n) is 8.31. The standard InChI is InChI=1S/C16H34O10/c1-24-9-16(8-23,12-25-10-14(2-17,3-18)4-19)13-26-11-15(5-20,6-21)7-22/h17-23H,2-13H2,1H3. The molecule has 0 saturated carbocycles. The summed E-state index contributed by atoms with van der Waals surface area (Å²) in [5, 5.41) is 65.6. The summed E-state index contributed by atoms with van der Waals surface area (Å²) in [6, 6.07) is 0. The third-order valence-electron chi connectivity index (χ3n) is 4.43. The largest absolute Gasteiger partial charge is 0.396 e. The van der Waals surface area contributed by atoms with Crippen molar-refractivity contribution in [3.63, 3.8) is 0 Å². The molecule has 26 heavy (non-hydrogen) atoms. The lowest BCUT2D eigenvalue weighted by Gasteiger charge is -2.35. The van der Waals surface area contributed by atoms with E-state index in [-0.39, 0.29) is 39.6 Å². The summed E-state index contributed by atoms with van der Waals surface area (Å²) in [6.45, 7) is -3.53. The van der Waals surface area contributed by atoms with Gasteiger partial charge in [-0.05, 0) is 0 Å². The van der Waals surface area contributed by atoms with Gasteiger partial charge < -0.3 is 50.0 Å². The Morgan fingerprint density at radius 2 is 0.731 bits per heavy atom. The van der Waals surface area contributed by atoms with E-state index >= 15 is 0 Å². The summed E-state index contributed by atoms with van der Waals surface area (Å²) in [6.07, 6.45) is 0. The molecular formula is C16H34O10. The van der Waals surface area contributed by atoms with Gasteiger partial charge in [0.2, 0.25) is 0 Å². The lowest BCUT2D eigenvalue weighted by Crippen LogP contribution is -2.45. The van der Waals surface area contributed by atoms with Gasteiger partial charge in [0.05, 0.1) is 95.5 Å². The topological polar surface area (TPSA) is 169 Å². The highest BCUT2D eigenvalue weighted by atomic mass is 16.5. The van der Waals surface area contributed by atoms with Gasteiger partial charge in [-0.2, -0.15) is 0 Å². The van der Waals surface area contributed by atoms with E-state index < -0.39 is 55.9 Å². The van der Waals surface area contributed by atoms with Crippen LogP contribution in [-0.4, -0.2) is 122 Å². The summed E-state index contributed by atoms with van der Waals surface area (Å²) < 4.78 is 16.1. The molecule has 0 heterocycles. The van der Waals surface area contributed by atoms with Crippen LogP contribution in [0.1, 0.15) is 0 Å². The van der Waals surface area contributed by atoms with Crippen molar-refractivity contribution in [2.45, 2.75) is 0 Å². The van der Waals surface area contributed by atoms with Crippen LogP contribution >= 0.6 is 0 Å². The number of methoxy groups -OCH3 is 1. The molecule has 0 aliphatic heterocycles. The molecule has 0 bridgehead atoms. The van der Waals surface area contributed by atoms with Crippen LogP contribution < -0.4 is 0 Å². The molecule has 158 valence electrons. The normalized spacial score (nSPS) is 13.4. The van der Waals surface area contributed by atoms with Gasteiger partial charge in [-0.3, -0.25) is 0 Å². The average molecular weight is 386 g/mol. The summed E-state index contributed by atoms with van der Waals surface area (Å²) in [7, 11) is 1.43. The molecule has 0 aliphatic rings. The van der Waals surface area contributed by atoms with E-state index in [9.17, 15) is 35.7 Å². The van der Waals surface area contributed by atoms with Gasteiger partial charge in [-0.15, -0.1) is 0 Å². The van der Waals surface area contributed by atoms with Crippen molar-refractivity contribution >= 4 is 0 Å². The Labute approximate surface area is 153 Å². The Kier molecular flexibility index (Phi) is 12.7. The van der Waals surface area contributed by atoms with Crippen LogP contribution in [0, 0.1) is 16.2 Å². The number of ether oxygens (including phenoxy) is 3. The lowest BCUT2D eigenvalue weighted by atomic mass is 9.90. The van der Waals surface area contributed by atoms with Gasteiger partial charge in [0.15, 0.2) is 0 Å². The van der Waals surface area contributed by atoms with Crippen molar-refractivity contribution in [1.29, 1.82) is 0 Å². The Hall–Kier alpha value is -0.400. The molecule has 0 rings (SSSR count). The predicted octanol–water partition coefficient (Wildman–Crippen LogP) is -3.43. The number of hydrogen-bond acceptors (Lipinski definition) is 10. The third kappa shape index (κ3) is 7.31. The summed E-state index contributed by atoms with van der Waals surface area (Å²) in [5.41, 5.74) is -3.38. The van der Waals surface area contributed by atoms with Crippen molar-refractivity contribution in [2.24, 2.45) is 16.2 Å². The van der Waals surface area contributed by atoms with Gasteiger partial charge in [-0.25, -0.2) is 0 Å². The fourth-order valence-corrected chi connectivity index (χ4v) is 2.11. The van der Waals surface area contributed by atoms with Crippen LogP contribution in [0.2, 0.25) is 0 Å². The van der Waals surface area contributed by atoms with Crippen molar-refractivity contribution in [2.75, 3.05) is 86.4 Å². The highest BCUT2D eigenvalue weighted by Gasteiger charge is 2.36. The van der Waals surface area contributed by atoms with Gasteiger partial charge in [0.1, 0.15) is 0 Å². The third-order valence-corrected chi connectivity index (χ3v) is 4.43. The summed E-state index contributed by atoms with van der Waals surface area (Å²) >= 11 is 0. The first-order valence-corrected chi connectivity index (χ1v) is 8.31. The first-order chi connectivity index (χ1) is 12.4. The maximum Gasteiger partial charge on any atom is 0.0635 e. The van der Waals surface area contributed by atoms with Gasteiger partial charge in [0, 0.05) is 7.11 Å². The monoisotopic (exact) mass is 386 g/mol. The molecule has 0 atom stereocenters. The fourth-order valence-electron chi connectivity index (χ4n) is 2.11. The predicted molar refractivity (Wildman–Crippen MR) is 90.4 cm³/mol. The second-order valence-corrected chi connectivity index (χ2v) is 7.03. The van der Waals surface area contributed by atoms with Crippen molar-refractivity contribution in [1.82, 2.24) is 0 Å². The number of rotatable bonds is 17. The first kappa shape index (κ1) is 25.6. The van der Waals surface area contributed by atoms with E-state index in [0.29, 0.717) is 0 Å². The number of hydrogen-bond donors (Lipinski definition) is 7. The molecule has 0 aromatic heterocycles. The zero-order valence-corrected chi connectivity index (χ0v) is 15.3. The molecule has 10 heteroatoms. The van der Waals surface area contributed by atoms with Crippen LogP contribution in [0.25, 0.3) is 0 Å². The molecule has 0 spiro atoms. The van der Waals surface area contributed by atoms with Crippen LogP contribution in [0.15, 0.2) is 0 Å². The quantitative estimate of drug-likeness (QED) is 0.134. The molecule has 10 nitrogen and oxygen atoms in total. The fraction of sp³-hybridized carbons (Fsp3) is 1.00. The van der Waals surface area contributed by atoms with Crippen molar-refractivity contribution in [3.8, 4) is 0 Å². The smallest absolute Gasteiger partial charge is 0.0635 e. The zero-order chi connectivity index (χ0) is 20.1. The maximum absolute atomic E-state index is 9.77. The minimum Gasteiger partial charge on any atom is -0.396 e. The minimum absolute atomic E-state index is 0.0521. The summed E-state index contributed by atoms with van der Waals surface area (Å²) in [4.78, 5) is 0. The SMILES string of the molecule is COCC(CO)(COCC(CO)(CO)CO)COCC(CO)(CO)CO. The Morgan fingerprint density at radius 1 is 0.462 bits per heavy atom. The Morgan fingerprint density at radius 3 is 0.962 bits per heavy atom. The van der Waals surface area contributed by atoms with Crippen LogP contribution in [-0.2, 0) is 14.2 Å². The van der Waals surface area contributed by atoms with E-state index in [4.69, 9.17) is 14.2 Å². The molecule has 0 radical (unpaired) electrons. The number of aliphatic hydroxyl groups excluding tert-OH is 7. The zero-order valence-electron chi connectivity index (χ0n) is 15.3. The van der Waals surface area contributed by atoms with Crippen molar-refractivity contribution < 1.29 is 50.0 Å². The van der Waals surface area contributed by atoms with Gasteiger partial charge in [-0.1, -0.05) is 0 Å².